The number of urea groups is 1. The molecule has 0 saturated carbocycles. The zero-order chi connectivity index (χ0) is 23.3. The molecular weight excluding hydrogens is 412 g/mol. The predicted octanol–water partition coefficient (Wildman–Crippen LogP) is 3.29. The van der Waals surface area contributed by atoms with Crippen molar-refractivity contribution in [3.05, 3.63) is 59.2 Å². The molecule has 3 rings (SSSR count). The van der Waals surface area contributed by atoms with Crippen molar-refractivity contribution in [2.75, 3.05) is 33.9 Å². The van der Waals surface area contributed by atoms with Crippen molar-refractivity contribution < 1.29 is 28.6 Å². The largest absolute Gasteiger partial charge is 0.490 e. The number of imide groups is 2. The minimum absolute atomic E-state index is 0.0998. The van der Waals surface area contributed by atoms with Gasteiger partial charge in [0.15, 0.2) is 11.5 Å². The minimum atomic E-state index is -0.663. The first-order chi connectivity index (χ1) is 15.3. The van der Waals surface area contributed by atoms with E-state index in [4.69, 9.17) is 14.2 Å². The number of barbiturate groups is 1. The van der Waals surface area contributed by atoms with Crippen LogP contribution in [0.4, 0.5) is 4.79 Å². The van der Waals surface area contributed by atoms with Gasteiger partial charge in [0.05, 0.1) is 6.61 Å². The molecule has 1 saturated heterocycles. The summed E-state index contributed by atoms with van der Waals surface area (Å²) in [7, 11) is 2.67. The third kappa shape index (κ3) is 5.08. The number of amides is 4. The van der Waals surface area contributed by atoms with Crippen LogP contribution in [-0.4, -0.2) is 61.6 Å². The van der Waals surface area contributed by atoms with Crippen LogP contribution in [0.1, 0.15) is 18.1 Å². The maximum absolute atomic E-state index is 12.4. The quantitative estimate of drug-likeness (QED) is 0.357. The molecule has 1 fully saturated rings. The molecule has 0 spiro atoms. The van der Waals surface area contributed by atoms with E-state index < -0.39 is 17.8 Å². The van der Waals surface area contributed by atoms with E-state index in [2.05, 4.69) is 0 Å². The first kappa shape index (κ1) is 22.9. The normalized spacial score (nSPS) is 14.0. The minimum Gasteiger partial charge on any atom is -0.490 e. The molecule has 2 aromatic rings. The Labute approximate surface area is 187 Å². The highest BCUT2D eigenvalue weighted by molar-refractivity contribution is 6.30. The SMILES string of the molecule is CCOc1cc(C=C2C(=O)N(C)C(=O)N(C)C2=O)ccc1OCCOc1ccc(C)cc1. The van der Waals surface area contributed by atoms with Crippen LogP contribution < -0.4 is 14.2 Å². The molecule has 0 bridgehead atoms. The zero-order valence-electron chi connectivity index (χ0n) is 18.6. The molecule has 168 valence electrons. The zero-order valence-corrected chi connectivity index (χ0v) is 18.6. The summed E-state index contributed by atoms with van der Waals surface area (Å²) in [5.74, 6) is 0.466. The lowest BCUT2D eigenvalue weighted by Crippen LogP contribution is -2.52. The van der Waals surface area contributed by atoms with Gasteiger partial charge in [-0.15, -0.1) is 0 Å². The maximum atomic E-state index is 12.4. The lowest BCUT2D eigenvalue weighted by Gasteiger charge is -2.28. The summed E-state index contributed by atoms with van der Waals surface area (Å²) >= 11 is 0. The third-order valence-electron chi connectivity index (χ3n) is 4.85. The fourth-order valence-corrected chi connectivity index (χ4v) is 3.09. The van der Waals surface area contributed by atoms with Crippen molar-refractivity contribution in [2.45, 2.75) is 13.8 Å². The second-order valence-corrected chi connectivity index (χ2v) is 7.22. The Bertz CT molecular complexity index is 1020. The summed E-state index contributed by atoms with van der Waals surface area (Å²) in [4.78, 5) is 38.5. The van der Waals surface area contributed by atoms with Gasteiger partial charge in [0, 0.05) is 14.1 Å². The monoisotopic (exact) mass is 438 g/mol. The number of hydrogen-bond donors (Lipinski definition) is 0. The van der Waals surface area contributed by atoms with E-state index in [0.717, 1.165) is 21.1 Å². The van der Waals surface area contributed by atoms with E-state index in [-0.39, 0.29) is 5.57 Å². The smallest absolute Gasteiger partial charge is 0.333 e. The Hall–Kier alpha value is -3.81. The van der Waals surface area contributed by atoms with E-state index in [9.17, 15) is 14.4 Å². The lowest BCUT2D eigenvalue weighted by atomic mass is 10.1. The third-order valence-corrected chi connectivity index (χ3v) is 4.85. The van der Waals surface area contributed by atoms with Gasteiger partial charge in [0.2, 0.25) is 0 Å². The van der Waals surface area contributed by atoms with Crippen LogP contribution in [0.25, 0.3) is 6.08 Å². The fourth-order valence-electron chi connectivity index (χ4n) is 3.09. The first-order valence-electron chi connectivity index (χ1n) is 10.2. The van der Waals surface area contributed by atoms with E-state index in [0.29, 0.717) is 36.9 Å². The van der Waals surface area contributed by atoms with Gasteiger partial charge in [-0.1, -0.05) is 23.8 Å². The number of nitrogens with zero attached hydrogens (tertiary/aromatic N) is 2. The van der Waals surface area contributed by atoms with Crippen LogP contribution in [0.5, 0.6) is 17.2 Å². The molecule has 1 aliphatic rings. The van der Waals surface area contributed by atoms with Crippen LogP contribution in [-0.2, 0) is 9.59 Å². The van der Waals surface area contributed by atoms with Gasteiger partial charge in [0.1, 0.15) is 24.5 Å². The van der Waals surface area contributed by atoms with Crippen LogP contribution in [0.2, 0.25) is 0 Å². The Balaban J connectivity index is 1.71. The van der Waals surface area contributed by atoms with Gasteiger partial charge < -0.3 is 14.2 Å². The van der Waals surface area contributed by atoms with Gasteiger partial charge in [-0.3, -0.25) is 19.4 Å². The number of likely N-dealkylation sites (N-methyl/N-ethyl adjacent to an activating group) is 2. The number of carbonyl (C=O) groups is 3. The van der Waals surface area contributed by atoms with Crippen molar-refractivity contribution in [3.63, 3.8) is 0 Å². The molecule has 0 aromatic heterocycles. The second-order valence-electron chi connectivity index (χ2n) is 7.22. The molecule has 2 aromatic carbocycles. The molecule has 0 aliphatic carbocycles. The van der Waals surface area contributed by atoms with E-state index in [1.807, 2.05) is 38.1 Å². The fraction of sp³-hybridized carbons (Fsp3) is 0.292. The molecule has 1 heterocycles. The van der Waals surface area contributed by atoms with E-state index in [1.54, 1.807) is 18.2 Å². The Morgan fingerprint density at radius 2 is 1.44 bits per heavy atom. The number of benzene rings is 2. The van der Waals surface area contributed by atoms with Crippen LogP contribution in [0, 0.1) is 6.92 Å². The molecule has 1 aliphatic heterocycles. The van der Waals surface area contributed by atoms with Crippen LogP contribution in [0.15, 0.2) is 48.0 Å². The summed E-state index contributed by atoms with van der Waals surface area (Å²) in [6.45, 7) is 4.93. The van der Waals surface area contributed by atoms with Gasteiger partial charge in [-0.2, -0.15) is 0 Å². The topological polar surface area (TPSA) is 85.4 Å². The number of hydrogen-bond acceptors (Lipinski definition) is 6. The molecule has 4 amide bonds. The highest BCUT2D eigenvalue weighted by Gasteiger charge is 2.37. The van der Waals surface area contributed by atoms with E-state index >= 15 is 0 Å². The summed E-state index contributed by atoms with van der Waals surface area (Å²) in [5, 5.41) is 0. The lowest BCUT2D eigenvalue weighted by molar-refractivity contribution is -0.134. The highest BCUT2D eigenvalue weighted by atomic mass is 16.5. The number of ether oxygens (including phenoxy) is 3. The van der Waals surface area contributed by atoms with Crippen molar-refractivity contribution in [2.24, 2.45) is 0 Å². The molecule has 8 heteroatoms. The predicted molar refractivity (Wildman–Crippen MR) is 119 cm³/mol. The van der Waals surface area contributed by atoms with Crippen molar-refractivity contribution in [1.29, 1.82) is 0 Å². The van der Waals surface area contributed by atoms with E-state index in [1.165, 1.54) is 20.2 Å². The molecule has 0 radical (unpaired) electrons. The van der Waals surface area contributed by atoms with Crippen molar-refractivity contribution in [1.82, 2.24) is 9.80 Å². The molecule has 32 heavy (non-hydrogen) atoms. The number of carbonyl (C=O) groups excluding carboxylic acids is 3. The Kier molecular flexibility index (Phi) is 7.14. The van der Waals surface area contributed by atoms with Crippen LogP contribution in [0.3, 0.4) is 0 Å². The van der Waals surface area contributed by atoms with Gasteiger partial charge in [-0.05, 0) is 49.8 Å². The highest BCUT2D eigenvalue weighted by Crippen LogP contribution is 2.30. The molecular formula is C24H26N2O6. The Morgan fingerprint density at radius 3 is 2.06 bits per heavy atom. The summed E-state index contributed by atoms with van der Waals surface area (Å²) in [6, 6.07) is 12.2. The summed E-state index contributed by atoms with van der Waals surface area (Å²) in [6.07, 6.45) is 1.44. The summed E-state index contributed by atoms with van der Waals surface area (Å²) < 4.78 is 17.1. The number of rotatable bonds is 8. The van der Waals surface area contributed by atoms with Gasteiger partial charge in [0.25, 0.3) is 11.8 Å². The van der Waals surface area contributed by atoms with Crippen molar-refractivity contribution in [3.8, 4) is 17.2 Å². The van der Waals surface area contributed by atoms with Crippen molar-refractivity contribution >= 4 is 23.9 Å². The average Bonchev–Trinajstić information content (AvgIpc) is 2.79. The average molecular weight is 438 g/mol. The standard InChI is InChI=1S/C24H26N2O6/c1-5-30-21-15-17(14-19-22(27)25(3)24(29)26(4)23(19)28)8-11-20(21)32-13-12-31-18-9-6-16(2)7-10-18/h6-11,14-15H,5,12-13H2,1-4H3. The van der Waals surface area contributed by atoms with Gasteiger partial charge in [-0.25, -0.2) is 4.79 Å². The van der Waals surface area contributed by atoms with Gasteiger partial charge >= 0.3 is 6.03 Å². The number of aryl methyl sites for hydroxylation is 1. The molecule has 8 nitrogen and oxygen atoms in total. The Morgan fingerprint density at radius 1 is 0.812 bits per heavy atom. The summed E-state index contributed by atoms with van der Waals surface area (Å²) in [5.41, 5.74) is 1.63. The molecule has 0 atom stereocenters. The first-order valence-corrected chi connectivity index (χ1v) is 10.2. The molecule has 0 N–H and O–H groups in total. The molecule has 0 unspecified atom stereocenters. The maximum Gasteiger partial charge on any atom is 0.333 e. The van der Waals surface area contributed by atoms with Crippen LogP contribution >= 0.6 is 0 Å². The second kappa shape index (κ2) is 10.00.